The number of benzene rings is 2. The quantitative estimate of drug-likeness (QED) is 0.756. The second-order valence-corrected chi connectivity index (χ2v) is 7.13. The van der Waals surface area contributed by atoms with Gasteiger partial charge in [0.15, 0.2) is 0 Å². The second-order valence-electron chi connectivity index (χ2n) is 7.13. The molecule has 1 amide bonds. The van der Waals surface area contributed by atoms with Gasteiger partial charge in [0, 0.05) is 18.9 Å². The summed E-state index contributed by atoms with van der Waals surface area (Å²) in [7, 11) is 0. The maximum Gasteiger partial charge on any atom is 0.310 e. The van der Waals surface area contributed by atoms with E-state index in [4.69, 9.17) is 0 Å². The van der Waals surface area contributed by atoms with Gasteiger partial charge in [0.2, 0.25) is 5.91 Å². The molecule has 1 saturated carbocycles. The van der Waals surface area contributed by atoms with Gasteiger partial charge in [-0.1, -0.05) is 67.1 Å². The molecule has 4 heteroatoms. The molecule has 0 aliphatic heterocycles. The van der Waals surface area contributed by atoms with Crippen molar-refractivity contribution in [2.45, 2.75) is 38.0 Å². The number of hydrogen-bond acceptors (Lipinski definition) is 2. The molecule has 0 unspecified atom stereocenters. The summed E-state index contributed by atoms with van der Waals surface area (Å²) in [6.45, 7) is 0.531. The number of rotatable bonds is 8. The predicted molar refractivity (Wildman–Crippen MR) is 101 cm³/mol. The van der Waals surface area contributed by atoms with Crippen LogP contribution in [-0.2, 0) is 9.59 Å². The fraction of sp³-hybridized carbons (Fsp3) is 0.364. The molecule has 26 heavy (non-hydrogen) atoms. The van der Waals surface area contributed by atoms with Crippen LogP contribution in [0.15, 0.2) is 60.7 Å². The molecule has 0 saturated heterocycles. The first-order valence-corrected chi connectivity index (χ1v) is 9.21. The van der Waals surface area contributed by atoms with Crippen molar-refractivity contribution in [3.05, 3.63) is 71.8 Å². The van der Waals surface area contributed by atoms with E-state index < -0.39 is 11.4 Å². The number of amides is 1. The Balaban J connectivity index is 1.60. The first kappa shape index (κ1) is 18.2. The lowest BCUT2D eigenvalue weighted by molar-refractivity contribution is -0.157. The first-order valence-electron chi connectivity index (χ1n) is 9.21. The number of carbonyl (C=O) groups excluding carboxylic acids is 1. The highest BCUT2D eigenvalue weighted by Crippen LogP contribution is 2.44. The van der Waals surface area contributed by atoms with Crippen LogP contribution in [0.3, 0.4) is 0 Å². The van der Waals surface area contributed by atoms with Gasteiger partial charge in [-0.25, -0.2) is 0 Å². The summed E-state index contributed by atoms with van der Waals surface area (Å²) in [6.07, 6.45) is 2.96. The van der Waals surface area contributed by atoms with Crippen molar-refractivity contribution in [1.82, 2.24) is 5.32 Å². The zero-order valence-electron chi connectivity index (χ0n) is 14.9. The van der Waals surface area contributed by atoms with E-state index in [1.807, 2.05) is 36.4 Å². The number of hydrogen-bond donors (Lipinski definition) is 2. The number of carbonyl (C=O) groups is 2. The Kier molecular flexibility index (Phi) is 5.71. The highest BCUT2D eigenvalue weighted by molar-refractivity contribution is 5.85. The molecular formula is C22H25NO3. The summed E-state index contributed by atoms with van der Waals surface area (Å²) in [4.78, 5) is 23.6. The van der Waals surface area contributed by atoms with Gasteiger partial charge in [0.05, 0.1) is 5.41 Å². The molecule has 0 atom stereocenters. The van der Waals surface area contributed by atoms with E-state index in [-0.39, 0.29) is 18.2 Å². The zero-order valence-corrected chi connectivity index (χ0v) is 14.9. The lowest BCUT2D eigenvalue weighted by Gasteiger charge is -2.36. The zero-order chi connectivity index (χ0) is 18.4. The number of aliphatic carboxylic acids is 1. The third-order valence-electron chi connectivity index (χ3n) is 5.42. The summed E-state index contributed by atoms with van der Waals surface area (Å²) in [5.74, 6) is -0.799. The van der Waals surface area contributed by atoms with Crippen LogP contribution in [0.2, 0.25) is 0 Å². The van der Waals surface area contributed by atoms with Gasteiger partial charge in [-0.3, -0.25) is 9.59 Å². The highest BCUT2D eigenvalue weighted by atomic mass is 16.4. The maximum atomic E-state index is 12.2. The van der Waals surface area contributed by atoms with Gasteiger partial charge in [-0.2, -0.15) is 0 Å². The fourth-order valence-corrected chi connectivity index (χ4v) is 3.69. The minimum absolute atomic E-state index is 0.0870. The first-order chi connectivity index (χ1) is 12.6. The molecule has 3 rings (SSSR count). The summed E-state index contributed by atoms with van der Waals surface area (Å²) in [5.41, 5.74) is 1.60. The monoisotopic (exact) mass is 351 g/mol. The Morgan fingerprint density at radius 2 is 1.50 bits per heavy atom. The van der Waals surface area contributed by atoms with Crippen LogP contribution in [0.5, 0.6) is 0 Å². The third kappa shape index (κ3) is 4.13. The van der Waals surface area contributed by atoms with Crippen LogP contribution in [-0.4, -0.2) is 23.5 Å². The largest absolute Gasteiger partial charge is 0.481 e. The third-order valence-corrected chi connectivity index (χ3v) is 5.42. The van der Waals surface area contributed by atoms with Crippen LogP contribution in [0.1, 0.15) is 49.1 Å². The molecule has 4 nitrogen and oxygen atoms in total. The number of carboxylic acid groups (broad SMARTS) is 1. The molecule has 0 spiro atoms. The lowest BCUT2D eigenvalue weighted by Crippen LogP contribution is -2.42. The molecule has 0 aromatic heterocycles. The topological polar surface area (TPSA) is 66.4 Å². The Bertz CT molecular complexity index is 699. The molecule has 0 radical (unpaired) electrons. The average Bonchev–Trinajstić information content (AvgIpc) is 2.63. The Morgan fingerprint density at radius 3 is 1.92 bits per heavy atom. The van der Waals surface area contributed by atoms with Gasteiger partial charge in [0.25, 0.3) is 0 Å². The second kappa shape index (κ2) is 8.17. The van der Waals surface area contributed by atoms with E-state index in [0.29, 0.717) is 19.4 Å². The van der Waals surface area contributed by atoms with E-state index >= 15 is 0 Å². The predicted octanol–water partition coefficient (Wildman–Crippen LogP) is 3.97. The molecule has 1 aliphatic carbocycles. The van der Waals surface area contributed by atoms with E-state index in [1.165, 1.54) is 11.1 Å². The Hall–Kier alpha value is -2.62. The van der Waals surface area contributed by atoms with Gasteiger partial charge >= 0.3 is 5.97 Å². The smallest absolute Gasteiger partial charge is 0.310 e. The van der Waals surface area contributed by atoms with Crippen molar-refractivity contribution >= 4 is 11.9 Å². The van der Waals surface area contributed by atoms with Gasteiger partial charge in [-0.15, -0.1) is 0 Å². The van der Waals surface area contributed by atoms with E-state index in [9.17, 15) is 14.7 Å². The molecule has 136 valence electrons. The number of carboxylic acids is 1. The van der Waals surface area contributed by atoms with E-state index in [1.54, 1.807) is 0 Å². The SMILES string of the molecule is O=C(CC1(C(=O)O)CCC1)NCCC(c1ccccc1)c1ccccc1. The van der Waals surface area contributed by atoms with Crippen molar-refractivity contribution in [2.75, 3.05) is 6.54 Å². The molecule has 0 bridgehead atoms. The molecule has 1 fully saturated rings. The lowest BCUT2D eigenvalue weighted by atomic mass is 9.66. The van der Waals surface area contributed by atoms with Gasteiger partial charge in [-0.05, 0) is 30.4 Å². The van der Waals surface area contributed by atoms with Crippen LogP contribution >= 0.6 is 0 Å². The summed E-state index contributed by atoms with van der Waals surface area (Å²) < 4.78 is 0. The Morgan fingerprint density at radius 1 is 0.962 bits per heavy atom. The van der Waals surface area contributed by atoms with E-state index in [0.717, 1.165) is 12.8 Å². The summed E-state index contributed by atoms with van der Waals surface area (Å²) in [5, 5.41) is 12.3. The van der Waals surface area contributed by atoms with E-state index in [2.05, 4.69) is 29.6 Å². The van der Waals surface area contributed by atoms with Gasteiger partial charge in [0.1, 0.15) is 0 Å². The van der Waals surface area contributed by atoms with Crippen molar-refractivity contribution in [2.24, 2.45) is 5.41 Å². The van der Waals surface area contributed by atoms with Crippen molar-refractivity contribution < 1.29 is 14.7 Å². The maximum absolute atomic E-state index is 12.2. The highest BCUT2D eigenvalue weighted by Gasteiger charge is 2.45. The molecular weight excluding hydrogens is 326 g/mol. The standard InChI is InChI=1S/C22H25NO3/c24-20(16-22(21(25)26)13-7-14-22)23-15-12-19(17-8-3-1-4-9-17)18-10-5-2-6-11-18/h1-6,8-11,19H,7,12-16H2,(H,23,24)(H,25,26). The molecule has 2 aromatic carbocycles. The van der Waals surface area contributed by atoms with Crippen molar-refractivity contribution in [3.8, 4) is 0 Å². The average molecular weight is 351 g/mol. The summed E-state index contributed by atoms with van der Waals surface area (Å²) in [6, 6.07) is 20.5. The molecule has 2 N–H and O–H groups in total. The molecule has 2 aromatic rings. The van der Waals surface area contributed by atoms with Crippen LogP contribution in [0.4, 0.5) is 0 Å². The number of nitrogens with one attached hydrogen (secondary N) is 1. The Labute approximate surface area is 154 Å². The van der Waals surface area contributed by atoms with Crippen molar-refractivity contribution in [3.63, 3.8) is 0 Å². The molecule has 1 aliphatic rings. The minimum atomic E-state index is -0.842. The normalized spacial score (nSPS) is 15.3. The minimum Gasteiger partial charge on any atom is -0.481 e. The van der Waals surface area contributed by atoms with Crippen LogP contribution < -0.4 is 5.32 Å². The summed E-state index contributed by atoms with van der Waals surface area (Å²) >= 11 is 0. The molecule has 0 heterocycles. The van der Waals surface area contributed by atoms with Gasteiger partial charge < -0.3 is 10.4 Å². The fourth-order valence-electron chi connectivity index (χ4n) is 3.69. The van der Waals surface area contributed by atoms with Crippen LogP contribution in [0.25, 0.3) is 0 Å². The van der Waals surface area contributed by atoms with Crippen LogP contribution in [0, 0.1) is 5.41 Å². The van der Waals surface area contributed by atoms with Crippen molar-refractivity contribution in [1.29, 1.82) is 0 Å².